The Kier molecular flexibility index (Phi) is 9.58. The van der Waals surface area contributed by atoms with E-state index in [9.17, 15) is 9.59 Å². The Bertz CT molecular complexity index is 500. The van der Waals surface area contributed by atoms with Crippen molar-refractivity contribution in [3.05, 3.63) is 29.8 Å². The van der Waals surface area contributed by atoms with Crippen LogP contribution in [0.5, 0.6) is 5.75 Å². The molecular weight excluding hydrogens is 304 g/mol. The van der Waals surface area contributed by atoms with Gasteiger partial charge in [0.15, 0.2) is 0 Å². The van der Waals surface area contributed by atoms with Crippen molar-refractivity contribution in [3.63, 3.8) is 0 Å². The summed E-state index contributed by atoms with van der Waals surface area (Å²) >= 11 is 0. The molecule has 0 saturated carbocycles. The maximum absolute atomic E-state index is 11.1. The number of nitrogens with two attached hydrogens (primary N) is 1. The van der Waals surface area contributed by atoms with Crippen molar-refractivity contribution in [2.45, 2.75) is 51.9 Å². The lowest BCUT2D eigenvalue weighted by atomic mass is 10.1. The summed E-state index contributed by atoms with van der Waals surface area (Å²) < 4.78 is 5.74. The fraction of sp³-hybridized carbons (Fsp3) is 0.579. The molecule has 1 aromatic carbocycles. The number of nitrogens with one attached hydrogen (secondary N) is 1. The molecule has 0 unspecified atom stereocenters. The summed E-state index contributed by atoms with van der Waals surface area (Å²) in [6.07, 6.45) is 5.86. The third-order valence-electron chi connectivity index (χ3n) is 3.99. The van der Waals surface area contributed by atoms with Crippen molar-refractivity contribution in [1.29, 1.82) is 0 Å². The van der Waals surface area contributed by atoms with Crippen LogP contribution in [0.2, 0.25) is 0 Å². The summed E-state index contributed by atoms with van der Waals surface area (Å²) in [5, 5.41) is 2.64. The van der Waals surface area contributed by atoms with E-state index in [2.05, 4.69) is 24.4 Å². The van der Waals surface area contributed by atoms with E-state index in [1.54, 1.807) is 7.05 Å². The lowest BCUT2D eigenvalue weighted by Crippen LogP contribution is -2.16. The second-order valence-electron chi connectivity index (χ2n) is 6.30. The fourth-order valence-electron chi connectivity index (χ4n) is 2.38. The average molecular weight is 334 g/mol. The highest BCUT2D eigenvalue weighted by Gasteiger charge is 2.06. The molecule has 0 heterocycles. The van der Waals surface area contributed by atoms with Gasteiger partial charge in [0, 0.05) is 19.9 Å². The summed E-state index contributed by atoms with van der Waals surface area (Å²) in [6, 6.07) is 8.14. The van der Waals surface area contributed by atoms with E-state index in [0.29, 0.717) is 25.4 Å². The number of hydrogen-bond donors (Lipinski definition) is 2. The monoisotopic (exact) mass is 334 g/mol. The van der Waals surface area contributed by atoms with E-state index in [1.165, 1.54) is 5.56 Å². The Hall–Kier alpha value is -2.04. The molecule has 1 atom stereocenters. The molecule has 0 bridgehead atoms. The normalized spacial score (nSPS) is 11.8. The summed E-state index contributed by atoms with van der Waals surface area (Å²) in [6.45, 7) is 2.64. The van der Waals surface area contributed by atoms with Crippen molar-refractivity contribution in [2.75, 3.05) is 13.7 Å². The summed E-state index contributed by atoms with van der Waals surface area (Å²) in [7, 11) is 1.67. The Morgan fingerprint density at radius 1 is 1.12 bits per heavy atom. The minimum atomic E-state index is -0.262. The molecule has 0 aliphatic heterocycles. The van der Waals surface area contributed by atoms with Crippen LogP contribution in [-0.4, -0.2) is 25.5 Å². The maximum atomic E-state index is 11.1. The molecular formula is C19H30N2O3. The lowest BCUT2D eigenvalue weighted by molar-refractivity contribution is -0.121. The van der Waals surface area contributed by atoms with Gasteiger partial charge in [0.1, 0.15) is 5.75 Å². The first-order valence-electron chi connectivity index (χ1n) is 8.72. The van der Waals surface area contributed by atoms with Gasteiger partial charge in [-0.2, -0.15) is 0 Å². The highest BCUT2D eigenvalue weighted by atomic mass is 16.5. The van der Waals surface area contributed by atoms with Crippen LogP contribution in [0.25, 0.3) is 0 Å². The number of ether oxygens (including phenoxy) is 1. The third kappa shape index (κ3) is 9.18. The molecule has 0 aliphatic rings. The molecule has 0 spiro atoms. The summed E-state index contributed by atoms with van der Waals surface area (Å²) in [5.74, 6) is 1.00. The smallest absolute Gasteiger partial charge is 0.219 e. The van der Waals surface area contributed by atoms with Gasteiger partial charge in [0.05, 0.1) is 6.61 Å². The molecule has 1 rings (SSSR count). The van der Waals surface area contributed by atoms with Crippen LogP contribution in [0.15, 0.2) is 24.3 Å². The number of hydrogen-bond acceptors (Lipinski definition) is 3. The van der Waals surface area contributed by atoms with Crippen molar-refractivity contribution >= 4 is 11.8 Å². The lowest BCUT2D eigenvalue weighted by Gasteiger charge is -2.12. The molecule has 0 radical (unpaired) electrons. The van der Waals surface area contributed by atoms with Crippen molar-refractivity contribution < 1.29 is 14.3 Å². The number of benzene rings is 1. The average Bonchev–Trinajstić information content (AvgIpc) is 2.58. The van der Waals surface area contributed by atoms with Crippen LogP contribution in [0.3, 0.4) is 0 Å². The van der Waals surface area contributed by atoms with Crippen molar-refractivity contribution in [1.82, 2.24) is 5.32 Å². The van der Waals surface area contributed by atoms with Gasteiger partial charge in [0.25, 0.3) is 0 Å². The van der Waals surface area contributed by atoms with Gasteiger partial charge in [-0.1, -0.05) is 25.5 Å². The molecule has 0 aliphatic carbocycles. The summed E-state index contributed by atoms with van der Waals surface area (Å²) in [5.41, 5.74) is 6.43. The zero-order chi connectivity index (χ0) is 17.8. The van der Waals surface area contributed by atoms with Crippen LogP contribution in [0.1, 0.15) is 51.0 Å². The van der Waals surface area contributed by atoms with Gasteiger partial charge in [0.2, 0.25) is 11.8 Å². The molecule has 2 amide bonds. The molecule has 0 aromatic heterocycles. The number of carbonyl (C=O) groups excluding carboxylic acids is 2. The summed E-state index contributed by atoms with van der Waals surface area (Å²) in [4.78, 5) is 21.9. The minimum absolute atomic E-state index is 0.113. The second-order valence-corrected chi connectivity index (χ2v) is 6.30. The van der Waals surface area contributed by atoms with E-state index >= 15 is 0 Å². The van der Waals surface area contributed by atoms with Crippen LogP contribution in [0.4, 0.5) is 0 Å². The zero-order valence-electron chi connectivity index (χ0n) is 14.8. The van der Waals surface area contributed by atoms with E-state index in [-0.39, 0.29) is 11.8 Å². The standard InChI is InChI=1S/C19H30N2O3/c1-15(8-13-18(20)22)14-24-17-11-9-16(10-12-17)6-4-3-5-7-19(23)21-2/h9-12,15H,3-8,13-14H2,1-2H3,(H2,20,22)(H,21,23)/t15-/m0/s1. The SMILES string of the molecule is CNC(=O)CCCCCc1ccc(OC[C@@H](C)CCC(N)=O)cc1. The Morgan fingerprint density at radius 3 is 2.46 bits per heavy atom. The fourth-order valence-corrected chi connectivity index (χ4v) is 2.38. The van der Waals surface area contributed by atoms with E-state index in [4.69, 9.17) is 10.5 Å². The molecule has 3 N–H and O–H groups in total. The van der Waals surface area contributed by atoms with Crippen molar-refractivity contribution in [3.8, 4) is 5.75 Å². The highest BCUT2D eigenvalue weighted by molar-refractivity contribution is 5.75. The number of unbranched alkanes of at least 4 members (excludes halogenated alkanes) is 2. The molecule has 1 aromatic rings. The molecule has 0 saturated heterocycles. The van der Waals surface area contributed by atoms with Crippen LogP contribution < -0.4 is 15.8 Å². The van der Waals surface area contributed by atoms with Crippen LogP contribution >= 0.6 is 0 Å². The minimum Gasteiger partial charge on any atom is -0.493 e. The van der Waals surface area contributed by atoms with Crippen LogP contribution in [0, 0.1) is 5.92 Å². The topological polar surface area (TPSA) is 81.4 Å². The van der Waals surface area contributed by atoms with Gasteiger partial charge in [-0.25, -0.2) is 0 Å². The Morgan fingerprint density at radius 2 is 1.83 bits per heavy atom. The van der Waals surface area contributed by atoms with Crippen LogP contribution in [-0.2, 0) is 16.0 Å². The van der Waals surface area contributed by atoms with Gasteiger partial charge >= 0.3 is 0 Å². The molecule has 5 nitrogen and oxygen atoms in total. The Balaban J connectivity index is 2.20. The van der Waals surface area contributed by atoms with Gasteiger partial charge in [-0.3, -0.25) is 9.59 Å². The predicted molar refractivity (Wildman–Crippen MR) is 95.8 cm³/mol. The number of primary amides is 1. The van der Waals surface area contributed by atoms with Gasteiger partial charge in [-0.15, -0.1) is 0 Å². The Labute approximate surface area is 145 Å². The quantitative estimate of drug-likeness (QED) is 0.577. The molecule has 5 heteroatoms. The molecule has 24 heavy (non-hydrogen) atoms. The van der Waals surface area contributed by atoms with Crippen molar-refractivity contribution in [2.24, 2.45) is 11.7 Å². The molecule has 0 fully saturated rings. The van der Waals surface area contributed by atoms with Gasteiger partial charge in [-0.05, 0) is 49.3 Å². The first kappa shape index (κ1) is 20.0. The first-order chi connectivity index (χ1) is 11.5. The highest BCUT2D eigenvalue weighted by Crippen LogP contribution is 2.16. The van der Waals surface area contributed by atoms with E-state index in [1.807, 2.05) is 12.1 Å². The molecule has 134 valence electrons. The van der Waals surface area contributed by atoms with E-state index in [0.717, 1.165) is 37.9 Å². The van der Waals surface area contributed by atoms with Gasteiger partial charge < -0.3 is 15.8 Å². The maximum Gasteiger partial charge on any atom is 0.219 e. The number of carbonyl (C=O) groups is 2. The predicted octanol–water partition coefficient (Wildman–Crippen LogP) is 2.82. The first-order valence-corrected chi connectivity index (χ1v) is 8.72. The largest absolute Gasteiger partial charge is 0.493 e. The number of amides is 2. The second kappa shape index (κ2) is 11.5. The number of rotatable bonds is 12. The zero-order valence-corrected chi connectivity index (χ0v) is 14.8. The van der Waals surface area contributed by atoms with E-state index < -0.39 is 0 Å². The third-order valence-corrected chi connectivity index (χ3v) is 3.99. The number of aryl methyl sites for hydroxylation is 1.